The van der Waals surface area contributed by atoms with Gasteiger partial charge in [0.15, 0.2) is 12.6 Å². The van der Waals surface area contributed by atoms with E-state index in [0.29, 0.717) is 6.61 Å². The van der Waals surface area contributed by atoms with Gasteiger partial charge in [-0.25, -0.2) is 0 Å². The molecule has 3 saturated heterocycles. The Morgan fingerprint density at radius 2 is 1.87 bits per heavy atom. The summed E-state index contributed by atoms with van der Waals surface area (Å²) in [5.74, 6) is -0.0422. The molecule has 4 fully saturated rings. The first-order chi connectivity index (χ1) is 15.2. The van der Waals surface area contributed by atoms with E-state index in [4.69, 9.17) is 23.7 Å². The Morgan fingerprint density at radius 3 is 2.65 bits per heavy atom. The molecule has 0 radical (unpaired) electrons. The van der Waals surface area contributed by atoms with Gasteiger partial charge in [0, 0.05) is 6.92 Å². The Labute approximate surface area is 183 Å². The van der Waals surface area contributed by atoms with E-state index in [1.165, 1.54) is 19.3 Å². The van der Waals surface area contributed by atoms with Gasteiger partial charge < -0.3 is 28.6 Å². The number of benzene rings is 1. The quantitative estimate of drug-likeness (QED) is 0.733. The van der Waals surface area contributed by atoms with E-state index >= 15 is 0 Å². The summed E-state index contributed by atoms with van der Waals surface area (Å²) in [6, 6.07) is 9.72. The van der Waals surface area contributed by atoms with E-state index in [9.17, 15) is 4.79 Å². The Morgan fingerprint density at radius 1 is 1.06 bits per heavy atom. The molecule has 0 spiro atoms. The second kappa shape index (κ2) is 9.38. The zero-order valence-corrected chi connectivity index (χ0v) is 17.9. The van der Waals surface area contributed by atoms with Crippen LogP contribution < -0.4 is 0 Å². The molecule has 31 heavy (non-hydrogen) atoms. The summed E-state index contributed by atoms with van der Waals surface area (Å²) < 4.78 is 30.9. The number of amides is 1. The van der Waals surface area contributed by atoms with Crippen molar-refractivity contribution in [1.82, 2.24) is 4.90 Å². The number of fused-ring (bicyclic) bond motifs is 3. The molecule has 0 aromatic heterocycles. The lowest BCUT2D eigenvalue weighted by Gasteiger charge is -2.48. The maximum Gasteiger partial charge on any atom is 0.221 e. The highest BCUT2D eigenvalue weighted by atomic mass is 16.8. The minimum Gasteiger partial charge on any atom is -0.353 e. The van der Waals surface area contributed by atoms with Crippen LogP contribution in [0.1, 0.15) is 44.6 Å². The molecule has 5 rings (SSSR count). The van der Waals surface area contributed by atoms with E-state index in [0.717, 1.165) is 18.4 Å². The molecule has 168 valence electrons. The third-order valence-electron chi connectivity index (χ3n) is 6.63. The Balaban J connectivity index is 1.30. The maximum absolute atomic E-state index is 12.3. The predicted octanol–water partition coefficient (Wildman–Crippen LogP) is 3.09. The number of carbonyl (C=O) groups excluding carboxylic acids is 1. The van der Waals surface area contributed by atoms with Crippen molar-refractivity contribution in [3.63, 3.8) is 0 Å². The van der Waals surface area contributed by atoms with Gasteiger partial charge in [0.2, 0.25) is 5.91 Å². The molecule has 7 nitrogen and oxygen atoms in total. The molecule has 1 aromatic rings. The third-order valence-corrected chi connectivity index (χ3v) is 6.63. The van der Waals surface area contributed by atoms with E-state index < -0.39 is 12.6 Å². The number of ether oxygens (including phenoxy) is 5. The molecular formula is C24H31NO6. The van der Waals surface area contributed by atoms with Crippen LogP contribution in [-0.4, -0.2) is 67.2 Å². The molecule has 3 aliphatic heterocycles. The van der Waals surface area contributed by atoms with Gasteiger partial charge in [-0.05, 0) is 24.5 Å². The average molecular weight is 430 g/mol. The summed E-state index contributed by atoms with van der Waals surface area (Å²) in [6.07, 6.45) is 7.80. The second-order valence-corrected chi connectivity index (χ2v) is 8.75. The molecule has 1 aliphatic carbocycles. The number of hydrogen-bond donors (Lipinski definition) is 0. The van der Waals surface area contributed by atoms with Crippen LogP contribution in [0.4, 0.5) is 0 Å². The van der Waals surface area contributed by atoms with Gasteiger partial charge in [0.1, 0.15) is 31.1 Å². The molecule has 0 unspecified atom stereocenters. The Hall–Kier alpha value is -1.77. The highest BCUT2D eigenvalue weighted by Gasteiger charge is 2.56. The SMILES string of the molecule is CC(=O)N1CO[C@H]2[C@@H]3O[C@H](/C=C/c4ccccc4)OC[C@H]3O[C@@H](OC3CCCCC3)[C@@H]21. The highest BCUT2D eigenvalue weighted by molar-refractivity contribution is 5.74. The molecule has 7 heteroatoms. The predicted molar refractivity (Wildman–Crippen MR) is 113 cm³/mol. The zero-order chi connectivity index (χ0) is 21.2. The van der Waals surface area contributed by atoms with Crippen LogP contribution in [0.3, 0.4) is 0 Å². The van der Waals surface area contributed by atoms with Gasteiger partial charge in [-0.15, -0.1) is 0 Å². The van der Waals surface area contributed by atoms with Crippen molar-refractivity contribution in [2.45, 2.75) is 82.1 Å². The van der Waals surface area contributed by atoms with Gasteiger partial charge in [0.05, 0.1) is 12.7 Å². The van der Waals surface area contributed by atoms with Crippen molar-refractivity contribution in [2.75, 3.05) is 13.3 Å². The monoisotopic (exact) mass is 429 g/mol. The molecule has 1 saturated carbocycles. The Kier molecular flexibility index (Phi) is 6.39. The minimum atomic E-state index is -0.524. The maximum atomic E-state index is 12.3. The topological polar surface area (TPSA) is 66.5 Å². The van der Waals surface area contributed by atoms with Crippen molar-refractivity contribution in [3.8, 4) is 0 Å². The summed E-state index contributed by atoms with van der Waals surface area (Å²) in [6.45, 7) is 2.19. The first-order valence-electron chi connectivity index (χ1n) is 11.4. The van der Waals surface area contributed by atoms with Crippen molar-refractivity contribution < 1.29 is 28.5 Å². The van der Waals surface area contributed by atoms with Crippen molar-refractivity contribution >= 4 is 12.0 Å². The smallest absolute Gasteiger partial charge is 0.221 e. The molecule has 4 aliphatic rings. The largest absolute Gasteiger partial charge is 0.353 e. The number of carbonyl (C=O) groups is 1. The van der Waals surface area contributed by atoms with Gasteiger partial charge in [-0.3, -0.25) is 4.79 Å². The Bertz CT molecular complexity index is 780. The molecular weight excluding hydrogens is 398 g/mol. The summed E-state index contributed by atoms with van der Waals surface area (Å²) in [5.41, 5.74) is 1.08. The van der Waals surface area contributed by atoms with Gasteiger partial charge in [-0.2, -0.15) is 0 Å². The first-order valence-corrected chi connectivity index (χ1v) is 11.4. The summed E-state index contributed by atoms with van der Waals surface area (Å²) in [5, 5.41) is 0. The normalized spacial score (nSPS) is 36.4. The molecule has 1 aromatic carbocycles. The van der Waals surface area contributed by atoms with Crippen LogP contribution >= 0.6 is 0 Å². The standard InChI is InChI=1S/C24H31NO6/c1-16(26)25-15-28-23-21(25)24(29-18-10-6-3-7-11-18)30-19-14-27-20(31-22(19)23)13-12-17-8-4-2-5-9-17/h2,4-5,8-9,12-13,18-24H,3,6-7,10-11,14-15H2,1H3/b13-12+/t19-,20-,21-,22-,23-,24-/m1/s1. The van der Waals surface area contributed by atoms with Crippen molar-refractivity contribution in [2.24, 2.45) is 0 Å². The summed E-state index contributed by atoms with van der Waals surface area (Å²) in [4.78, 5) is 14.0. The fourth-order valence-electron chi connectivity index (χ4n) is 5.00. The van der Waals surface area contributed by atoms with Gasteiger partial charge >= 0.3 is 0 Å². The van der Waals surface area contributed by atoms with Gasteiger partial charge in [0.25, 0.3) is 0 Å². The van der Waals surface area contributed by atoms with Crippen LogP contribution in [0.15, 0.2) is 36.4 Å². The summed E-state index contributed by atoms with van der Waals surface area (Å²) >= 11 is 0. The number of rotatable bonds is 4. The fourth-order valence-corrected chi connectivity index (χ4v) is 5.00. The lowest BCUT2D eigenvalue weighted by molar-refractivity contribution is -0.335. The molecule has 0 bridgehead atoms. The van der Waals surface area contributed by atoms with E-state index in [1.54, 1.807) is 11.8 Å². The fraction of sp³-hybridized carbons (Fsp3) is 0.625. The van der Waals surface area contributed by atoms with Crippen LogP contribution in [0.5, 0.6) is 0 Å². The highest BCUT2D eigenvalue weighted by Crippen LogP contribution is 2.38. The van der Waals surface area contributed by atoms with Crippen LogP contribution in [0.2, 0.25) is 0 Å². The third kappa shape index (κ3) is 4.56. The minimum absolute atomic E-state index is 0.0422. The summed E-state index contributed by atoms with van der Waals surface area (Å²) in [7, 11) is 0. The van der Waals surface area contributed by atoms with Crippen molar-refractivity contribution in [1.29, 1.82) is 0 Å². The van der Waals surface area contributed by atoms with E-state index in [2.05, 4.69) is 0 Å². The lowest BCUT2D eigenvalue weighted by atomic mass is 9.94. The van der Waals surface area contributed by atoms with Crippen LogP contribution in [-0.2, 0) is 28.5 Å². The lowest BCUT2D eigenvalue weighted by Crippen LogP contribution is -2.65. The van der Waals surface area contributed by atoms with Gasteiger partial charge in [-0.1, -0.05) is 55.7 Å². The molecule has 3 heterocycles. The van der Waals surface area contributed by atoms with E-state index in [1.807, 2.05) is 42.5 Å². The molecule has 1 amide bonds. The second-order valence-electron chi connectivity index (χ2n) is 8.75. The molecule has 6 atom stereocenters. The van der Waals surface area contributed by atoms with E-state index in [-0.39, 0.29) is 43.1 Å². The number of hydrogen-bond acceptors (Lipinski definition) is 6. The zero-order valence-electron chi connectivity index (χ0n) is 17.9. The van der Waals surface area contributed by atoms with Crippen LogP contribution in [0, 0.1) is 0 Å². The van der Waals surface area contributed by atoms with Crippen LogP contribution in [0.25, 0.3) is 6.08 Å². The van der Waals surface area contributed by atoms with Crippen molar-refractivity contribution in [3.05, 3.63) is 42.0 Å². The number of nitrogens with zero attached hydrogens (tertiary/aromatic N) is 1. The first kappa shape index (κ1) is 21.1. The molecule has 0 N–H and O–H groups in total. The average Bonchev–Trinajstić information content (AvgIpc) is 3.26.